The first-order chi connectivity index (χ1) is 7.36. The lowest BCUT2D eigenvalue weighted by Gasteiger charge is -2.18. The molecule has 2 N–H and O–H groups in total. The lowest BCUT2D eigenvalue weighted by atomic mass is 10.4. The molecule has 0 aliphatic heterocycles. The van der Waals surface area contributed by atoms with Gasteiger partial charge in [0.05, 0.1) is 13.1 Å². The molecule has 0 aromatic heterocycles. The van der Waals surface area contributed by atoms with Gasteiger partial charge >= 0.3 is 6.03 Å². The molecule has 7 nitrogen and oxygen atoms in total. The zero-order chi connectivity index (χ0) is 12.7. The number of carbonyl (C=O) groups is 3. The third kappa shape index (κ3) is 5.97. The van der Waals surface area contributed by atoms with Crippen molar-refractivity contribution in [3.05, 3.63) is 0 Å². The smallest absolute Gasteiger partial charge is 0.321 e. The van der Waals surface area contributed by atoms with E-state index in [4.69, 9.17) is 0 Å². The summed E-state index contributed by atoms with van der Waals surface area (Å²) in [5.74, 6) is -0.552. The molecule has 16 heavy (non-hydrogen) atoms. The lowest BCUT2D eigenvalue weighted by molar-refractivity contribution is -0.130. The molecule has 0 heterocycles. The number of imide groups is 1. The van der Waals surface area contributed by atoms with Gasteiger partial charge in [-0.25, -0.2) is 4.79 Å². The standard InChI is InChI=1S/C9H18N4O3/c1-10-9(16)11-7(14)5-13(4)6-8(15)12(2)3/h5-6H2,1-4H3,(H2,10,11,14,16). The second-order valence-corrected chi connectivity index (χ2v) is 3.59. The van der Waals surface area contributed by atoms with Gasteiger partial charge in [0.1, 0.15) is 0 Å². The molecule has 0 aliphatic rings. The van der Waals surface area contributed by atoms with Crippen LogP contribution in [0.5, 0.6) is 0 Å². The first kappa shape index (κ1) is 14.4. The molecular formula is C9H18N4O3. The van der Waals surface area contributed by atoms with Crippen LogP contribution in [-0.4, -0.2) is 68.9 Å². The first-order valence-electron chi connectivity index (χ1n) is 4.77. The second-order valence-electron chi connectivity index (χ2n) is 3.59. The van der Waals surface area contributed by atoms with Gasteiger partial charge in [0.2, 0.25) is 11.8 Å². The second kappa shape index (κ2) is 6.78. The Kier molecular flexibility index (Phi) is 6.09. The largest absolute Gasteiger partial charge is 0.348 e. The van der Waals surface area contributed by atoms with Crippen LogP contribution in [0.1, 0.15) is 0 Å². The van der Waals surface area contributed by atoms with Crippen molar-refractivity contribution in [3.63, 3.8) is 0 Å². The predicted molar refractivity (Wildman–Crippen MR) is 58.8 cm³/mol. The Morgan fingerprint density at radius 1 is 1.06 bits per heavy atom. The molecule has 0 unspecified atom stereocenters. The number of urea groups is 1. The Morgan fingerprint density at radius 3 is 2.06 bits per heavy atom. The summed E-state index contributed by atoms with van der Waals surface area (Å²) in [6.07, 6.45) is 0. The number of hydrogen-bond acceptors (Lipinski definition) is 4. The highest BCUT2D eigenvalue weighted by molar-refractivity contribution is 5.95. The van der Waals surface area contributed by atoms with Crippen LogP contribution in [0.3, 0.4) is 0 Å². The summed E-state index contributed by atoms with van der Waals surface area (Å²) in [7, 11) is 6.33. The summed E-state index contributed by atoms with van der Waals surface area (Å²) >= 11 is 0. The number of nitrogens with one attached hydrogen (secondary N) is 2. The topological polar surface area (TPSA) is 81.8 Å². The summed E-state index contributed by atoms with van der Waals surface area (Å²) in [4.78, 5) is 36.3. The van der Waals surface area contributed by atoms with Crippen LogP contribution >= 0.6 is 0 Å². The monoisotopic (exact) mass is 230 g/mol. The van der Waals surface area contributed by atoms with Gasteiger partial charge in [0.15, 0.2) is 0 Å². The highest BCUT2D eigenvalue weighted by atomic mass is 16.2. The van der Waals surface area contributed by atoms with Crippen molar-refractivity contribution >= 4 is 17.8 Å². The van der Waals surface area contributed by atoms with E-state index in [0.29, 0.717) is 0 Å². The highest BCUT2D eigenvalue weighted by Crippen LogP contribution is 1.86. The number of nitrogens with zero attached hydrogens (tertiary/aromatic N) is 2. The van der Waals surface area contributed by atoms with Gasteiger partial charge in [-0.3, -0.25) is 19.8 Å². The summed E-state index contributed by atoms with van der Waals surface area (Å²) in [6.45, 7) is 0.126. The first-order valence-corrected chi connectivity index (χ1v) is 4.77. The van der Waals surface area contributed by atoms with Crippen molar-refractivity contribution < 1.29 is 14.4 Å². The van der Waals surface area contributed by atoms with E-state index in [9.17, 15) is 14.4 Å². The van der Waals surface area contributed by atoms with Gasteiger partial charge < -0.3 is 10.2 Å². The van der Waals surface area contributed by atoms with Crippen molar-refractivity contribution in [2.45, 2.75) is 0 Å². The zero-order valence-electron chi connectivity index (χ0n) is 10.0. The normalized spacial score (nSPS) is 9.81. The zero-order valence-corrected chi connectivity index (χ0v) is 10.0. The minimum absolute atomic E-state index is 0.00694. The van der Waals surface area contributed by atoms with E-state index in [1.807, 2.05) is 0 Å². The molecule has 4 amide bonds. The molecular weight excluding hydrogens is 212 g/mol. The molecule has 7 heteroatoms. The van der Waals surface area contributed by atoms with Crippen LogP contribution in [0.25, 0.3) is 0 Å². The SMILES string of the molecule is CNC(=O)NC(=O)CN(C)CC(=O)N(C)C. The van der Waals surface area contributed by atoms with Crippen LogP contribution in [-0.2, 0) is 9.59 Å². The molecule has 0 bridgehead atoms. The Hall–Kier alpha value is -1.63. The van der Waals surface area contributed by atoms with E-state index in [2.05, 4.69) is 10.6 Å². The predicted octanol–water partition coefficient (Wildman–Crippen LogP) is -1.54. The summed E-state index contributed by atoms with van der Waals surface area (Å²) in [5.41, 5.74) is 0. The average molecular weight is 230 g/mol. The van der Waals surface area contributed by atoms with Crippen molar-refractivity contribution in [2.24, 2.45) is 0 Å². The Balaban J connectivity index is 3.96. The van der Waals surface area contributed by atoms with Crippen LogP contribution in [0, 0.1) is 0 Å². The number of rotatable bonds is 4. The van der Waals surface area contributed by atoms with Crippen molar-refractivity contribution in [3.8, 4) is 0 Å². The van der Waals surface area contributed by atoms with Crippen LogP contribution in [0.2, 0.25) is 0 Å². The minimum Gasteiger partial charge on any atom is -0.348 e. The fourth-order valence-corrected chi connectivity index (χ4v) is 0.902. The molecule has 0 spiro atoms. The number of hydrogen-bond donors (Lipinski definition) is 2. The quantitative estimate of drug-likeness (QED) is 0.613. The average Bonchev–Trinajstić information content (AvgIpc) is 2.16. The summed E-state index contributed by atoms with van der Waals surface area (Å²) in [6, 6.07) is -0.558. The van der Waals surface area contributed by atoms with Gasteiger partial charge in [-0.05, 0) is 7.05 Å². The number of carbonyl (C=O) groups excluding carboxylic acids is 3. The van der Waals surface area contributed by atoms with Gasteiger partial charge in [-0.1, -0.05) is 0 Å². The van der Waals surface area contributed by atoms with E-state index in [-0.39, 0.29) is 19.0 Å². The van der Waals surface area contributed by atoms with Gasteiger partial charge in [0.25, 0.3) is 0 Å². The van der Waals surface area contributed by atoms with E-state index in [1.54, 1.807) is 21.1 Å². The van der Waals surface area contributed by atoms with E-state index >= 15 is 0 Å². The third-order valence-electron chi connectivity index (χ3n) is 1.80. The van der Waals surface area contributed by atoms with Gasteiger partial charge in [-0.2, -0.15) is 0 Å². The Morgan fingerprint density at radius 2 is 1.62 bits per heavy atom. The third-order valence-corrected chi connectivity index (χ3v) is 1.80. The maximum absolute atomic E-state index is 11.3. The molecule has 0 rings (SSSR count). The molecule has 0 aromatic carbocycles. The lowest BCUT2D eigenvalue weighted by Crippen LogP contribution is -2.44. The molecule has 0 aromatic rings. The number of amides is 4. The maximum Gasteiger partial charge on any atom is 0.321 e. The van der Waals surface area contributed by atoms with Crippen molar-refractivity contribution in [2.75, 3.05) is 41.3 Å². The summed E-state index contributed by atoms with van der Waals surface area (Å²) < 4.78 is 0. The molecule has 92 valence electrons. The van der Waals surface area contributed by atoms with Crippen LogP contribution < -0.4 is 10.6 Å². The highest BCUT2D eigenvalue weighted by Gasteiger charge is 2.13. The fraction of sp³-hybridized carbons (Fsp3) is 0.667. The van der Waals surface area contributed by atoms with Crippen LogP contribution in [0.15, 0.2) is 0 Å². The summed E-state index contributed by atoms with van der Waals surface area (Å²) in [5, 5.41) is 4.37. The minimum atomic E-state index is -0.558. The molecule has 0 radical (unpaired) electrons. The molecule has 0 saturated carbocycles. The molecule has 0 saturated heterocycles. The van der Waals surface area contributed by atoms with E-state index in [1.165, 1.54) is 16.8 Å². The van der Waals surface area contributed by atoms with E-state index in [0.717, 1.165) is 0 Å². The number of likely N-dealkylation sites (N-methyl/N-ethyl adjacent to an activating group) is 2. The van der Waals surface area contributed by atoms with Gasteiger partial charge in [-0.15, -0.1) is 0 Å². The molecule has 0 aliphatic carbocycles. The van der Waals surface area contributed by atoms with Crippen molar-refractivity contribution in [1.82, 2.24) is 20.4 Å². The Labute approximate surface area is 94.8 Å². The molecule has 0 atom stereocenters. The Bertz CT molecular complexity index is 278. The molecule has 0 fully saturated rings. The van der Waals surface area contributed by atoms with E-state index < -0.39 is 11.9 Å². The van der Waals surface area contributed by atoms with Crippen molar-refractivity contribution in [1.29, 1.82) is 0 Å². The van der Waals surface area contributed by atoms with Crippen LogP contribution in [0.4, 0.5) is 4.79 Å². The fourth-order valence-electron chi connectivity index (χ4n) is 0.902. The van der Waals surface area contributed by atoms with Gasteiger partial charge in [0, 0.05) is 21.1 Å². The maximum atomic E-state index is 11.3.